The minimum absolute atomic E-state index is 0.158. The predicted octanol–water partition coefficient (Wildman–Crippen LogP) is 1.04. The van der Waals surface area contributed by atoms with Crippen molar-refractivity contribution in [1.29, 1.82) is 0 Å². The van der Waals surface area contributed by atoms with Gasteiger partial charge in [0.2, 0.25) is 0 Å². The molecule has 0 radical (unpaired) electrons. The molecule has 1 aromatic rings. The van der Waals surface area contributed by atoms with Crippen LogP contribution in [0.2, 0.25) is 0 Å². The normalized spacial score (nSPS) is 10.2. The highest BCUT2D eigenvalue weighted by Gasteiger charge is 2.19. The van der Waals surface area contributed by atoms with Crippen molar-refractivity contribution >= 4 is 5.91 Å². The van der Waals surface area contributed by atoms with Crippen molar-refractivity contribution in [2.45, 2.75) is 13.3 Å². The molecule has 0 saturated carbocycles. The highest BCUT2D eigenvalue weighted by molar-refractivity contribution is 5.94. The van der Waals surface area contributed by atoms with E-state index in [0.717, 1.165) is 10.5 Å². The number of halogens is 2. The first-order chi connectivity index (χ1) is 9.99. The number of hydrogen-bond acceptors (Lipinski definition) is 3. The maximum Gasteiger partial charge on any atom is 0.255 e. The summed E-state index contributed by atoms with van der Waals surface area (Å²) in [6.45, 7) is 0.209. The molecule has 0 unspecified atom stereocenters. The number of aliphatic hydroxyl groups is 2. The van der Waals surface area contributed by atoms with Crippen molar-refractivity contribution < 1.29 is 23.8 Å². The maximum absolute atomic E-state index is 12.5. The second-order valence-electron chi connectivity index (χ2n) is 4.36. The van der Waals surface area contributed by atoms with Crippen LogP contribution in [0.4, 0.5) is 8.78 Å². The number of nitrogens with zero attached hydrogens (tertiary/aromatic N) is 1. The van der Waals surface area contributed by atoms with Gasteiger partial charge < -0.3 is 15.1 Å². The third kappa shape index (κ3) is 5.14. The van der Waals surface area contributed by atoms with Gasteiger partial charge in [-0.05, 0) is 24.6 Å². The molecule has 6 heteroatoms. The third-order valence-electron chi connectivity index (χ3n) is 2.80. The molecule has 0 heterocycles. The van der Waals surface area contributed by atoms with Crippen LogP contribution < -0.4 is 0 Å². The van der Waals surface area contributed by atoms with Crippen molar-refractivity contribution in [3.05, 3.63) is 34.9 Å². The summed E-state index contributed by atoms with van der Waals surface area (Å²) in [6, 6.07) is 4.68. The molecule has 0 bridgehead atoms. The van der Waals surface area contributed by atoms with Crippen LogP contribution in [0.3, 0.4) is 0 Å². The zero-order chi connectivity index (χ0) is 15.8. The van der Waals surface area contributed by atoms with E-state index in [9.17, 15) is 13.6 Å². The van der Waals surface area contributed by atoms with Gasteiger partial charge in [0.15, 0.2) is 0 Å². The Hall–Kier alpha value is -1.97. The third-order valence-corrected chi connectivity index (χ3v) is 2.80. The summed E-state index contributed by atoms with van der Waals surface area (Å²) < 4.78 is 24.9. The molecule has 0 aliphatic rings. The van der Waals surface area contributed by atoms with E-state index in [4.69, 9.17) is 10.2 Å². The molecule has 4 nitrogen and oxygen atoms in total. The molecule has 0 aliphatic carbocycles. The van der Waals surface area contributed by atoms with Gasteiger partial charge in [-0.3, -0.25) is 4.79 Å². The molecule has 0 atom stereocenters. The summed E-state index contributed by atoms with van der Waals surface area (Å²) in [7, 11) is 0. The van der Waals surface area contributed by atoms with Crippen LogP contribution in [-0.2, 0) is 0 Å². The van der Waals surface area contributed by atoms with Crippen LogP contribution in [-0.4, -0.2) is 53.7 Å². The first-order valence-electron chi connectivity index (χ1n) is 6.38. The van der Waals surface area contributed by atoms with E-state index in [0.29, 0.717) is 5.56 Å². The van der Waals surface area contributed by atoms with Gasteiger partial charge in [-0.1, -0.05) is 17.9 Å². The van der Waals surface area contributed by atoms with E-state index in [1.807, 2.05) is 0 Å². The van der Waals surface area contributed by atoms with Crippen LogP contribution in [0, 0.1) is 18.8 Å². The molecule has 1 aromatic carbocycles. The predicted molar refractivity (Wildman–Crippen MR) is 74.1 cm³/mol. The van der Waals surface area contributed by atoms with Crippen molar-refractivity contribution in [2.75, 3.05) is 26.3 Å². The molecule has 0 spiro atoms. The van der Waals surface area contributed by atoms with E-state index >= 15 is 0 Å². The number of benzene rings is 1. The van der Waals surface area contributed by atoms with Crippen molar-refractivity contribution in [1.82, 2.24) is 4.90 Å². The zero-order valence-corrected chi connectivity index (χ0v) is 11.6. The topological polar surface area (TPSA) is 60.8 Å². The fourth-order valence-electron chi connectivity index (χ4n) is 1.77. The Kier molecular flexibility index (Phi) is 6.79. The number of aliphatic hydroxyl groups excluding tert-OH is 2. The Morgan fingerprint density at radius 1 is 1.38 bits per heavy atom. The van der Waals surface area contributed by atoms with Gasteiger partial charge in [-0.15, -0.1) is 0 Å². The molecule has 1 rings (SSSR count). The number of aryl methyl sites for hydroxylation is 1. The lowest BCUT2D eigenvalue weighted by Gasteiger charge is -2.21. The van der Waals surface area contributed by atoms with Crippen molar-refractivity contribution in [3.8, 4) is 11.8 Å². The lowest BCUT2D eigenvalue weighted by molar-refractivity contribution is 0.0509. The smallest absolute Gasteiger partial charge is 0.255 e. The van der Waals surface area contributed by atoms with Crippen LogP contribution in [0.1, 0.15) is 21.5 Å². The van der Waals surface area contributed by atoms with Gasteiger partial charge in [0.1, 0.15) is 6.61 Å². The molecule has 1 amide bonds. The number of carbonyl (C=O) groups excluding carboxylic acids is 1. The number of hydrogen-bond donors (Lipinski definition) is 2. The second kappa shape index (κ2) is 8.35. The largest absolute Gasteiger partial charge is 0.395 e. The molecule has 0 fully saturated rings. The molecular formula is C15H17F2NO3. The minimum Gasteiger partial charge on any atom is -0.395 e. The molecular weight excluding hydrogens is 280 g/mol. The van der Waals surface area contributed by atoms with Gasteiger partial charge in [0.25, 0.3) is 12.3 Å². The number of rotatable bonds is 5. The molecule has 21 heavy (non-hydrogen) atoms. The monoisotopic (exact) mass is 297 g/mol. The minimum atomic E-state index is -2.67. The second-order valence-corrected chi connectivity index (χ2v) is 4.36. The van der Waals surface area contributed by atoms with E-state index < -0.39 is 18.9 Å². The number of amides is 1. The fraction of sp³-hybridized carbons (Fsp3) is 0.400. The Labute approximate surface area is 122 Å². The number of alkyl halides is 2. The van der Waals surface area contributed by atoms with E-state index in [1.165, 1.54) is 12.1 Å². The van der Waals surface area contributed by atoms with Gasteiger partial charge in [0.05, 0.1) is 13.2 Å². The Bertz CT molecular complexity index is 550. The van der Waals surface area contributed by atoms with Crippen molar-refractivity contribution in [2.24, 2.45) is 0 Å². The first-order valence-corrected chi connectivity index (χ1v) is 6.38. The standard InChI is InChI=1S/C15H17F2NO3/c1-11-4-5-13(9-12(11)3-2-7-19)15(21)18(6-8-20)10-14(16)17/h4-5,9,14,19-20H,6-8,10H2,1H3. The quantitative estimate of drug-likeness (QED) is 0.798. The number of carbonyl (C=O) groups is 1. The average molecular weight is 297 g/mol. The summed E-state index contributed by atoms with van der Waals surface area (Å²) in [5.74, 6) is 4.59. The Balaban J connectivity index is 3.04. The Morgan fingerprint density at radius 2 is 2.10 bits per heavy atom. The van der Waals surface area contributed by atoms with Crippen LogP contribution in [0.25, 0.3) is 0 Å². The molecule has 0 aliphatic heterocycles. The molecule has 2 N–H and O–H groups in total. The van der Waals surface area contributed by atoms with Crippen LogP contribution in [0.5, 0.6) is 0 Å². The first kappa shape index (κ1) is 17.1. The van der Waals surface area contributed by atoms with Gasteiger partial charge in [0, 0.05) is 17.7 Å². The highest BCUT2D eigenvalue weighted by atomic mass is 19.3. The SMILES string of the molecule is Cc1ccc(C(=O)N(CCO)CC(F)F)cc1C#CCO. The van der Waals surface area contributed by atoms with Crippen molar-refractivity contribution in [3.63, 3.8) is 0 Å². The van der Waals surface area contributed by atoms with Crippen LogP contribution in [0.15, 0.2) is 18.2 Å². The fourth-order valence-corrected chi connectivity index (χ4v) is 1.77. The average Bonchev–Trinajstić information content (AvgIpc) is 2.45. The lowest BCUT2D eigenvalue weighted by Crippen LogP contribution is -2.37. The highest BCUT2D eigenvalue weighted by Crippen LogP contribution is 2.13. The maximum atomic E-state index is 12.5. The molecule has 0 saturated heterocycles. The summed E-state index contributed by atoms with van der Waals surface area (Å²) in [6.07, 6.45) is -2.67. The Morgan fingerprint density at radius 3 is 2.67 bits per heavy atom. The van der Waals surface area contributed by atoms with Crippen LogP contribution >= 0.6 is 0 Å². The summed E-state index contributed by atoms with van der Waals surface area (Å²) in [4.78, 5) is 13.1. The van der Waals surface area contributed by atoms with Gasteiger partial charge in [-0.25, -0.2) is 8.78 Å². The van der Waals surface area contributed by atoms with Gasteiger partial charge >= 0.3 is 0 Å². The summed E-state index contributed by atoms with van der Waals surface area (Å²) >= 11 is 0. The van der Waals surface area contributed by atoms with E-state index in [-0.39, 0.29) is 25.3 Å². The molecule has 114 valence electrons. The van der Waals surface area contributed by atoms with Gasteiger partial charge in [-0.2, -0.15) is 0 Å². The summed E-state index contributed by atoms with van der Waals surface area (Å²) in [5, 5.41) is 17.6. The summed E-state index contributed by atoms with van der Waals surface area (Å²) in [5.41, 5.74) is 1.59. The zero-order valence-electron chi connectivity index (χ0n) is 11.6. The molecule has 0 aromatic heterocycles. The van der Waals surface area contributed by atoms with E-state index in [2.05, 4.69) is 11.8 Å². The lowest BCUT2D eigenvalue weighted by atomic mass is 10.0. The van der Waals surface area contributed by atoms with E-state index in [1.54, 1.807) is 13.0 Å².